The van der Waals surface area contributed by atoms with Crippen LogP contribution in [0, 0.1) is 6.92 Å². The van der Waals surface area contributed by atoms with Gasteiger partial charge in [0.15, 0.2) is 5.82 Å². The number of aromatic nitrogens is 1. The van der Waals surface area contributed by atoms with Crippen molar-refractivity contribution in [3.8, 4) is 0 Å². The van der Waals surface area contributed by atoms with E-state index in [9.17, 15) is 0 Å². The number of hydrogen-bond donors (Lipinski definition) is 0. The minimum Gasteiger partial charge on any atom is -0.294 e. The minimum atomic E-state index is 0.190. The molecular formula is C16H23N3. The molecule has 3 heteroatoms. The van der Waals surface area contributed by atoms with Gasteiger partial charge in [-0.2, -0.15) is 0 Å². The maximum absolute atomic E-state index is 4.69. The fraction of sp³-hybridized carbons (Fsp3) is 0.500. The van der Waals surface area contributed by atoms with Gasteiger partial charge in [-0.25, -0.2) is 9.98 Å². The first-order valence-electron chi connectivity index (χ1n) is 6.80. The van der Waals surface area contributed by atoms with E-state index in [4.69, 9.17) is 4.99 Å². The van der Waals surface area contributed by atoms with Crippen LogP contribution in [-0.2, 0) is 0 Å². The van der Waals surface area contributed by atoms with Crippen LogP contribution in [0.5, 0.6) is 0 Å². The molecule has 1 saturated heterocycles. The Hall–Kier alpha value is -1.48. The molecule has 0 spiro atoms. The topological polar surface area (TPSA) is 28.5 Å². The molecule has 0 unspecified atom stereocenters. The molecule has 0 amide bonds. The number of pyridine rings is 1. The third-order valence-electron chi connectivity index (χ3n) is 3.58. The van der Waals surface area contributed by atoms with E-state index >= 15 is 0 Å². The number of hydrogen-bond acceptors (Lipinski definition) is 3. The quantitative estimate of drug-likeness (QED) is 0.770. The van der Waals surface area contributed by atoms with Crippen molar-refractivity contribution in [3.05, 3.63) is 36.0 Å². The van der Waals surface area contributed by atoms with E-state index in [1.54, 1.807) is 6.20 Å². The van der Waals surface area contributed by atoms with Crippen LogP contribution in [0.2, 0.25) is 0 Å². The summed E-state index contributed by atoms with van der Waals surface area (Å²) >= 11 is 0. The second kappa shape index (κ2) is 5.25. The van der Waals surface area contributed by atoms with Crippen molar-refractivity contribution in [3.63, 3.8) is 0 Å². The molecule has 0 aromatic carbocycles. The van der Waals surface area contributed by atoms with Crippen LogP contribution in [0.3, 0.4) is 0 Å². The average Bonchev–Trinajstić information content (AvgIpc) is 2.33. The van der Waals surface area contributed by atoms with Crippen molar-refractivity contribution in [1.29, 1.82) is 0 Å². The second-order valence-electron chi connectivity index (χ2n) is 6.15. The van der Waals surface area contributed by atoms with E-state index in [2.05, 4.69) is 37.2 Å². The van der Waals surface area contributed by atoms with E-state index < -0.39 is 0 Å². The number of piperidine rings is 1. The van der Waals surface area contributed by atoms with Crippen LogP contribution >= 0.6 is 0 Å². The van der Waals surface area contributed by atoms with E-state index in [1.807, 2.05) is 19.1 Å². The lowest BCUT2D eigenvalue weighted by atomic mass is 9.97. The van der Waals surface area contributed by atoms with E-state index in [0.717, 1.165) is 42.2 Å². The van der Waals surface area contributed by atoms with Gasteiger partial charge < -0.3 is 0 Å². The van der Waals surface area contributed by atoms with Gasteiger partial charge in [-0.05, 0) is 44.9 Å². The molecule has 0 N–H and O–H groups in total. The van der Waals surface area contributed by atoms with Gasteiger partial charge in [-0.15, -0.1) is 0 Å². The number of rotatable bonds is 1. The zero-order valence-electron chi connectivity index (χ0n) is 12.4. The molecule has 19 heavy (non-hydrogen) atoms. The zero-order chi connectivity index (χ0) is 14.0. The Morgan fingerprint density at radius 2 is 2.11 bits per heavy atom. The third kappa shape index (κ3) is 3.29. The van der Waals surface area contributed by atoms with Crippen molar-refractivity contribution >= 4 is 11.5 Å². The first-order chi connectivity index (χ1) is 8.88. The molecule has 0 saturated carbocycles. The third-order valence-corrected chi connectivity index (χ3v) is 3.58. The molecule has 0 bridgehead atoms. The molecule has 2 heterocycles. The van der Waals surface area contributed by atoms with Gasteiger partial charge in [-0.1, -0.05) is 12.6 Å². The van der Waals surface area contributed by atoms with Crippen LogP contribution in [-0.4, -0.2) is 34.2 Å². The summed E-state index contributed by atoms with van der Waals surface area (Å²) in [5.74, 6) is 0.822. The molecule has 1 aromatic rings. The van der Waals surface area contributed by atoms with Crippen LogP contribution in [0.1, 0.15) is 32.8 Å². The summed E-state index contributed by atoms with van der Waals surface area (Å²) in [7, 11) is 0. The Bertz CT molecular complexity index is 509. The van der Waals surface area contributed by atoms with E-state index in [-0.39, 0.29) is 5.54 Å². The van der Waals surface area contributed by atoms with Crippen LogP contribution in [0.4, 0.5) is 5.82 Å². The number of likely N-dealkylation sites (tertiary alicyclic amines) is 1. The van der Waals surface area contributed by atoms with E-state index in [1.165, 1.54) is 0 Å². The standard InChI is InChI=1S/C16H23N3/c1-12-7-6-9-17-15(12)18-14-8-10-19(11-13(14)2)16(3,4)5/h6-7,9H,2,8,10-11H2,1,3-5H3/b18-14-. The normalized spacial score (nSPS) is 20.0. The highest BCUT2D eigenvalue weighted by Gasteiger charge is 2.27. The van der Waals surface area contributed by atoms with Gasteiger partial charge in [0, 0.05) is 37.0 Å². The zero-order valence-corrected chi connectivity index (χ0v) is 12.4. The summed E-state index contributed by atoms with van der Waals surface area (Å²) in [6.45, 7) is 14.9. The summed E-state index contributed by atoms with van der Waals surface area (Å²) in [4.78, 5) is 11.5. The van der Waals surface area contributed by atoms with Crippen molar-refractivity contribution in [2.75, 3.05) is 13.1 Å². The van der Waals surface area contributed by atoms with Crippen LogP contribution < -0.4 is 0 Å². The smallest absolute Gasteiger partial charge is 0.154 e. The molecule has 1 fully saturated rings. The summed E-state index contributed by atoms with van der Waals surface area (Å²) in [5, 5.41) is 0. The molecule has 0 atom stereocenters. The molecule has 1 aromatic heterocycles. The van der Waals surface area contributed by atoms with Crippen molar-refractivity contribution in [2.45, 2.75) is 39.7 Å². The van der Waals surface area contributed by atoms with Gasteiger partial charge in [0.05, 0.1) is 0 Å². The van der Waals surface area contributed by atoms with Crippen molar-refractivity contribution < 1.29 is 0 Å². The lowest BCUT2D eigenvalue weighted by molar-refractivity contribution is 0.151. The van der Waals surface area contributed by atoms with Gasteiger partial charge in [0.2, 0.25) is 0 Å². The Labute approximate surface area is 116 Å². The summed E-state index contributed by atoms with van der Waals surface area (Å²) in [5.41, 5.74) is 3.52. The van der Waals surface area contributed by atoms with Gasteiger partial charge >= 0.3 is 0 Å². The predicted molar refractivity (Wildman–Crippen MR) is 81.2 cm³/mol. The lowest BCUT2D eigenvalue weighted by Gasteiger charge is -2.39. The molecule has 0 radical (unpaired) electrons. The summed E-state index contributed by atoms with van der Waals surface area (Å²) in [6, 6.07) is 3.98. The first kappa shape index (κ1) is 13.9. The average molecular weight is 257 g/mol. The largest absolute Gasteiger partial charge is 0.294 e. The SMILES string of the molecule is C=C1CN(C(C)(C)C)CC/C1=N/c1ncccc1C. The van der Waals surface area contributed by atoms with Crippen molar-refractivity contribution in [1.82, 2.24) is 9.88 Å². The lowest BCUT2D eigenvalue weighted by Crippen LogP contribution is -2.47. The van der Waals surface area contributed by atoms with Crippen molar-refractivity contribution in [2.24, 2.45) is 4.99 Å². The first-order valence-corrected chi connectivity index (χ1v) is 6.80. The molecular weight excluding hydrogens is 234 g/mol. The Kier molecular flexibility index (Phi) is 3.85. The van der Waals surface area contributed by atoms with Gasteiger partial charge in [0.1, 0.15) is 0 Å². The number of aliphatic imine (C=N–C) groups is 1. The number of aryl methyl sites for hydroxylation is 1. The second-order valence-corrected chi connectivity index (χ2v) is 6.15. The fourth-order valence-corrected chi connectivity index (χ4v) is 2.25. The molecule has 3 nitrogen and oxygen atoms in total. The Morgan fingerprint density at radius 1 is 1.37 bits per heavy atom. The Balaban J connectivity index is 2.17. The maximum Gasteiger partial charge on any atom is 0.154 e. The predicted octanol–water partition coefficient (Wildman–Crippen LogP) is 3.52. The number of nitrogens with zero attached hydrogens (tertiary/aromatic N) is 3. The maximum atomic E-state index is 4.69. The molecule has 0 aliphatic carbocycles. The molecule has 1 aliphatic heterocycles. The summed E-state index contributed by atoms with van der Waals surface area (Å²) in [6.07, 6.45) is 2.74. The monoisotopic (exact) mass is 257 g/mol. The molecule has 1 aliphatic rings. The highest BCUT2D eigenvalue weighted by Crippen LogP contribution is 2.23. The van der Waals surface area contributed by atoms with E-state index in [0.29, 0.717) is 0 Å². The van der Waals surface area contributed by atoms with Gasteiger partial charge in [0.25, 0.3) is 0 Å². The van der Waals surface area contributed by atoms with Crippen LogP contribution in [0.15, 0.2) is 35.5 Å². The summed E-state index contributed by atoms with van der Waals surface area (Å²) < 4.78 is 0. The molecule has 102 valence electrons. The molecule has 2 rings (SSSR count). The minimum absolute atomic E-state index is 0.190. The fourth-order valence-electron chi connectivity index (χ4n) is 2.25. The highest BCUT2D eigenvalue weighted by atomic mass is 15.2. The Morgan fingerprint density at radius 3 is 2.68 bits per heavy atom. The van der Waals surface area contributed by atoms with Gasteiger partial charge in [-0.3, -0.25) is 4.90 Å². The highest BCUT2D eigenvalue weighted by molar-refractivity contribution is 6.02. The van der Waals surface area contributed by atoms with Crippen LogP contribution in [0.25, 0.3) is 0 Å².